The normalized spacial score (nSPS) is 14.6. The highest BCUT2D eigenvalue weighted by atomic mass is 19.4. The molecule has 1 rings (SSSR count). The number of nitrogens with zero attached hydrogens (tertiary/aromatic N) is 1. The van der Waals surface area contributed by atoms with Crippen LogP contribution in [0, 0.1) is 0 Å². The highest BCUT2D eigenvalue weighted by Gasteiger charge is 2.50. The second-order valence-electron chi connectivity index (χ2n) is 4.95. The number of pyridine rings is 1. The number of alkyl halides is 6. The Balaban J connectivity index is 2.92. The van der Waals surface area contributed by atoms with Crippen molar-refractivity contribution in [3.05, 3.63) is 11.6 Å². The molecule has 1 atom stereocenters. The lowest BCUT2D eigenvalue weighted by Crippen LogP contribution is -2.51. The monoisotopic (exact) mass is 377 g/mol. The van der Waals surface area contributed by atoms with Gasteiger partial charge >= 0.3 is 18.4 Å². The Morgan fingerprint density at radius 2 is 1.84 bits per heavy atom. The van der Waals surface area contributed by atoms with Gasteiger partial charge in [-0.2, -0.15) is 31.3 Å². The summed E-state index contributed by atoms with van der Waals surface area (Å²) in [5, 5.41) is 10.7. The largest absolute Gasteiger partial charge is 0.480 e. The smallest absolute Gasteiger partial charge is 0.421 e. The zero-order valence-corrected chi connectivity index (χ0v) is 12.7. The average Bonchev–Trinajstić information content (AvgIpc) is 2.44. The molecule has 1 aromatic rings. The Morgan fingerprint density at radius 3 is 2.28 bits per heavy atom. The lowest BCUT2D eigenvalue weighted by Gasteiger charge is -2.26. The van der Waals surface area contributed by atoms with E-state index in [-0.39, 0.29) is 0 Å². The van der Waals surface area contributed by atoms with Gasteiger partial charge in [0.15, 0.2) is 5.60 Å². The van der Waals surface area contributed by atoms with Crippen LogP contribution < -0.4 is 20.5 Å². The van der Waals surface area contributed by atoms with Gasteiger partial charge in [0.1, 0.15) is 5.56 Å². The number of aromatic nitrogens is 1. The number of amides is 1. The molecule has 0 aromatic carbocycles. The average molecular weight is 377 g/mol. The first-order valence-electron chi connectivity index (χ1n) is 6.35. The van der Waals surface area contributed by atoms with E-state index < -0.39 is 53.6 Å². The predicted molar refractivity (Wildman–Crippen MR) is 70.9 cm³/mol. The zero-order chi connectivity index (χ0) is 19.6. The van der Waals surface area contributed by atoms with Crippen molar-refractivity contribution < 1.29 is 45.7 Å². The Labute approximate surface area is 136 Å². The van der Waals surface area contributed by atoms with Crippen LogP contribution in [-0.2, 0) is 6.18 Å². The van der Waals surface area contributed by atoms with Crippen LogP contribution >= 0.6 is 0 Å². The fourth-order valence-corrected chi connectivity index (χ4v) is 1.40. The molecule has 1 aromatic heterocycles. The number of nitrogen functional groups attached to an aromatic ring is 1. The number of rotatable bonds is 4. The second kappa shape index (κ2) is 6.82. The van der Waals surface area contributed by atoms with E-state index in [9.17, 15) is 31.1 Å². The molecule has 1 amide bonds. The van der Waals surface area contributed by atoms with Crippen molar-refractivity contribution in [2.75, 3.05) is 19.4 Å². The molecule has 0 bridgehead atoms. The molecule has 25 heavy (non-hydrogen) atoms. The Hall–Kier alpha value is -2.44. The van der Waals surface area contributed by atoms with Crippen molar-refractivity contribution in [2.24, 2.45) is 0 Å². The third-order valence-electron chi connectivity index (χ3n) is 2.86. The van der Waals surface area contributed by atoms with Crippen molar-refractivity contribution in [2.45, 2.75) is 24.9 Å². The van der Waals surface area contributed by atoms with E-state index in [1.54, 1.807) is 5.32 Å². The van der Waals surface area contributed by atoms with Crippen LogP contribution in [-0.4, -0.2) is 41.6 Å². The first-order valence-corrected chi connectivity index (χ1v) is 6.35. The van der Waals surface area contributed by atoms with Gasteiger partial charge in [-0.3, -0.25) is 0 Å². The highest BCUT2D eigenvalue weighted by Crippen LogP contribution is 2.38. The number of anilines is 1. The molecular weight excluding hydrogens is 364 g/mol. The number of carbonyl (C=O) groups excluding carboxylic acids is 1. The van der Waals surface area contributed by atoms with E-state index in [0.717, 1.165) is 7.11 Å². The molecule has 142 valence electrons. The van der Waals surface area contributed by atoms with Crippen LogP contribution in [0.5, 0.6) is 11.8 Å². The fraction of sp³-hybridized carbons (Fsp3) is 0.500. The van der Waals surface area contributed by atoms with Gasteiger partial charge in [-0.25, -0.2) is 4.79 Å². The van der Waals surface area contributed by atoms with E-state index in [1.807, 2.05) is 0 Å². The Morgan fingerprint density at radius 1 is 1.28 bits per heavy atom. The molecular formula is C12H13F6N3O4. The number of nitrogens with two attached hydrogens (primary N) is 1. The maximum atomic E-state index is 12.7. The van der Waals surface area contributed by atoms with Crippen molar-refractivity contribution in [3.8, 4) is 11.8 Å². The second-order valence-corrected chi connectivity index (χ2v) is 4.95. The van der Waals surface area contributed by atoms with E-state index in [2.05, 4.69) is 14.5 Å². The van der Waals surface area contributed by atoms with Gasteiger partial charge < -0.3 is 25.6 Å². The van der Waals surface area contributed by atoms with Gasteiger partial charge in [-0.1, -0.05) is 0 Å². The highest BCUT2D eigenvalue weighted by molar-refractivity contribution is 5.72. The number of aliphatic hydroxyl groups is 1. The van der Waals surface area contributed by atoms with Crippen LogP contribution in [0.15, 0.2) is 6.07 Å². The Bertz CT molecular complexity index is 645. The Kier molecular flexibility index (Phi) is 5.62. The van der Waals surface area contributed by atoms with Crippen LogP contribution in [0.4, 0.5) is 36.8 Å². The molecule has 0 unspecified atom stereocenters. The van der Waals surface area contributed by atoms with Gasteiger partial charge in [-0.15, -0.1) is 0 Å². The molecule has 4 N–H and O–H groups in total. The minimum Gasteiger partial charge on any atom is -0.480 e. The summed E-state index contributed by atoms with van der Waals surface area (Å²) in [4.78, 5) is 14.7. The minimum atomic E-state index is -5.03. The number of carbonyl (C=O) groups is 1. The van der Waals surface area contributed by atoms with Gasteiger partial charge in [0.05, 0.1) is 19.3 Å². The van der Waals surface area contributed by atoms with Crippen molar-refractivity contribution in [1.82, 2.24) is 10.3 Å². The summed E-state index contributed by atoms with van der Waals surface area (Å²) in [7, 11) is 0.873. The fourth-order valence-electron chi connectivity index (χ4n) is 1.40. The number of ether oxygens (including phenoxy) is 2. The molecule has 0 aliphatic carbocycles. The molecule has 0 aliphatic heterocycles. The zero-order valence-electron chi connectivity index (χ0n) is 12.7. The predicted octanol–water partition coefficient (Wildman–Crippen LogP) is 2.09. The van der Waals surface area contributed by atoms with Gasteiger partial charge in [0.25, 0.3) is 5.88 Å². The summed E-state index contributed by atoms with van der Waals surface area (Å²) < 4.78 is 84.4. The minimum absolute atomic E-state index is 0.389. The molecule has 1 heterocycles. The lowest BCUT2D eigenvalue weighted by molar-refractivity contribution is -0.249. The summed E-state index contributed by atoms with van der Waals surface area (Å²) in [6.45, 7) is -0.867. The molecule has 0 aliphatic rings. The molecule has 0 saturated carbocycles. The van der Waals surface area contributed by atoms with E-state index >= 15 is 0 Å². The third kappa shape index (κ3) is 5.01. The van der Waals surface area contributed by atoms with Gasteiger partial charge in [0, 0.05) is 0 Å². The molecule has 13 heteroatoms. The lowest BCUT2D eigenvalue weighted by atomic mass is 10.1. The maximum absolute atomic E-state index is 12.7. The SMILES string of the molecule is COc1nc(OC(=O)NC[C@](C)(O)C(F)(F)F)c(N)cc1C(F)(F)F. The van der Waals surface area contributed by atoms with Crippen molar-refractivity contribution in [1.29, 1.82) is 0 Å². The van der Waals surface area contributed by atoms with Gasteiger partial charge in [-0.05, 0) is 13.0 Å². The third-order valence-corrected chi connectivity index (χ3v) is 2.86. The van der Waals surface area contributed by atoms with E-state index in [1.165, 1.54) is 0 Å². The molecule has 0 spiro atoms. The summed E-state index contributed by atoms with van der Waals surface area (Å²) in [6.07, 6.45) is -11.4. The van der Waals surface area contributed by atoms with Crippen LogP contribution in [0.3, 0.4) is 0 Å². The maximum Gasteiger partial charge on any atom is 0.421 e. The van der Waals surface area contributed by atoms with Crippen molar-refractivity contribution in [3.63, 3.8) is 0 Å². The number of methoxy groups -OCH3 is 1. The van der Waals surface area contributed by atoms with E-state index in [0.29, 0.717) is 13.0 Å². The van der Waals surface area contributed by atoms with Crippen molar-refractivity contribution >= 4 is 11.8 Å². The van der Waals surface area contributed by atoms with Crippen LogP contribution in [0.25, 0.3) is 0 Å². The first kappa shape index (κ1) is 20.6. The number of nitrogens with one attached hydrogen (secondary N) is 1. The molecule has 7 nitrogen and oxygen atoms in total. The summed E-state index contributed by atoms with van der Waals surface area (Å²) in [6, 6.07) is 0.389. The number of halogens is 6. The molecule has 0 saturated heterocycles. The number of hydrogen-bond donors (Lipinski definition) is 3. The first-order chi connectivity index (χ1) is 11.2. The molecule has 0 radical (unpaired) electrons. The van der Waals surface area contributed by atoms with E-state index in [4.69, 9.17) is 10.8 Å². The molecule has 0 fully saturated rings. The quantitative estimate of drug-likeness (QED) is 0.694. The van der Waals surface area contributed by atoms with Crippen LogP contribution in [0.1, 0.15) is 12.5 Å². The topological polar surface area (TPSA) is 107 Å². The number of hydrogen-bond acceptors (Lipinski definition) is 6. The van der Waals surface area contributed by atoms with Crippen LogP contribution in [0.2, 0.25) is 0 Å². The summed E-state index contributed by atoms with van der Waals surface area (Å²) >= 11 is 0. The standard InChI is InChI=1S/C12H13F6N3O4/c1-10(23,12(16,17)18)4-20-9(22)25-8-6(19)3-5(11(13,14)15)7(21-8)24-2/h3,23H,4,19H2,1-2H3,(H,20,22)/t10-/m0/s1. The summed E-state index contributed by atoms with van der Waals surface area (Å²) in [5.41, 5.74) is 0.00551. The van der Waals surface area contributed by atoms with Gasteiger partial charge in [0.2, 0.25) is 5.88 Å². The summed E-state index contributed by atoms with van der Waals surface area (Å²) in [5.74, 6) is -1.76.